The van der Waals surface area contributed by atoms with Gasteiger partial charge in [-0.3, -0.25) is 19.0 Å². The summed E-state index contributed by atoms with van der Waals surface area (Å²) in [6.45, 7) is -1.02. The van der Waals surface area contributed by atoms with E-state index in [4.69, 9.17) is 4.74 Å². The van der Waals surface area contributed by atoms with Gasteiger partial charge in [0.1, 0.15) is 5.82 Å². The molecule has 2 rings (SSSR count). The Morgan fingerprint density at radius 3 is 2.43 bits per heavy atom. The molecule has 158 valence electrons. The Hall–Kier alpha value is -4.02. The number of nitrogens with one attached hydrogen (secondary N) is 2. The molecule has 1 aromatic heterocycles. The van der Waals surface area contributed by atoms with Gasteiger partial charge in [-0.1, -0.05) is 0 Å². The number of esters is 1. The van der Waals surface area contributed by atoms with E-state index in [1.165, 1.54) is 49.1 Å². The zero-order valence-electron chi connectivity index (χ0n) is 16.2. The van der Waals surface area contributed by atoms with Crippen LogP contribution in [0.2, 0.25) is 0 Å². The highest BCUT2D eigenvalue weighted by molar-refractivity contribution is 5.95. The largest absolute Gasteiger partial charge is 0.452 e. The van der Waals surface area contributed by atoms with Gasteiger partial charge in [-0.2, -0.15) is 0 Å². The third kappa shape index (κ3) is 6.26. The summed E-state index contributed by atoms with van der Waals surface area (Å²) in [5.74, 6) is -2.61. The summed E-state index contributed by atoms with van der Waals surface area (Å²) < 4.78 is 19.6. The van der Waals surface area contributed by atoms with Gasteiger partial charge < -0.3 is 19.9 Å². The van der Waals surface area contributed by atoms with Crippen LogP contribution in [0, 0.1) is 5.82 Å². The molecule has 2 N–H and O–H groups in total. The fraction of sp³-hybridized carbons (Fsp3) is 0.211. The van der Waals surface area contributed by atoms with Gasteiger partial charge in [-0.15, -0.1) is 0 Å². The molecule has 0 saturated heterocycles. The highest BCUT2D eigenvalue weighted by Gasteiger charge is 2.09. The number of halogens is 1. The molecule has 0 spiro atoms. The van der Waals surface area contributed by atoms with Gasteiger partial charge in [0.25, 0.3) is 11.5 Å². The van der Waals surface area contributed by atoms with Gasteiger partial charge in [0.2, 0.25) is 5.91 Å². The van der Waals surface area contributed by atoms with E-state index in [-0.39, 0.29) is 12.1 Å². The van der Waals surface area contributed by atoms with E-state index in [2.05, 4.69) is 10.6 Å². The minimum Gasteiger partial charge on any atom is -0.452 e. The lowest BCUT2D eigenvalue weighted by Crippen LogP contribution is -2.37. The summed E-state index contributed by atoms with van der Waals surface area (Å²) in [6, 6.07) is 5.07. The molecule has 0 aliphatic rings. The van der Waals surface area contributed by atoms with Crippen LogP contribution < -0.4 is 21.9 Å². The van der Waals surface area contributed by atoms with E-state index in [0.29, 0.717) is 5.69 Å². The number of ether oxygens (including phenoxy) is 1. The van der Waals surface area contributed by atoms with Crippen LogP contribution >= 0.6 is 0 Å². The number of anilines is 1. The molecule has 30 heavy (non-hydrogen) atoms. The van der Waals surface area contributed by atoms with Gasteiger partial charge in [0.05, 0.1) is 12.1 Å². The predicted octanol–water partition coefficient (Wildman–Crippen LogP) is -0.466. The van der Waals surface area contributed by atoms with Gasteiger partial charge >= 0.3 is 11.7 Å². The molecule has 1 heterocycles. The Bertz CT molecular complexity index is 1100. The maximum Gasteiger partial charge on any atom is 0.331 e. The number of hydrogen-bond donors (Lipinski definition) is 2. The number of aromatic nitrogens is 2. The van der Waals surface area contributed by atoms with Crippen LogP contribution in [0.5, 0.6) is 0 Å². The van der Waals surface area contributed by atoms with Gasteiger partial charge in [-0.25, -0.2) is 14.0 Å². The van der Waals surface area contributed by atoms with E-state index >= 15 is 0 Å². The summed E-state index contributed by atoms with van der Waals surface area (Å²) >= 11 is 0. The second-order valence-corrected chi connectivity index (χ2v) is 6.11. The second kappa shape index (κ2) is 9.96. The molecule has 0 bridgehead atoms. The molecule has 10 nitrogen and oxygen atoms in total. The Labute approximate surface area is 169 Å². The lowest BCUT2D eigenvalue weighted by Gasteiger charge is -2.07. The SMILES string of the molecule is Cn1cc(/C=C/C(=O)OCC(=O)NCC(=O)Nc2ccc(F)cc2)c(=O)n(C)c1=O. The van der Waals surface area contributed by atoms with Crippen molar-refractivity contribution in [3.05, 3.63) is 68.8 Å². The first-order chi connectivity index (χ1) is 14.2. The number of benzene rings is 1. The van der Waals surface area contributed by atoms with Gasteiger partial charge in [-0.05, 0) is 30.3 Å². The number of rotatable bonds is 7. The zero-order valence-corrected chi connectivity index (χ0v) is 16.2. The standard InChI is InChI=1S/C19H19FN4O6/c1-23-10-12(18(28)24(2)19(23)29)3-8-17(27)30-11-16(26)21-9-15(25)22-14-6-4-13(20)5-7-14/h3-8,10H,9,11H2,1-2H3,(H,21,26)(H,22,25)/b8-3+. The van der Waals surface area contributed by atoms with E-state index in [1.54, 1.807) is 0 Å². The highest BCUT2D eigenvalue weighted by Crippen LogP contribution is 2.07. The minimum atomic E-state index is -0.892. The van der Waals surface area contributed by atoms with Crippen LogP contribution in [0.4, 0.5) is 10.1 Å². The van der Waals surface area contributed by atoms with Crippen LogP contribution in [0.15, 0.2) is 46.1 Å². The number of nitrogens with zero attached hydrogens (tertiary/aromatic N) is 2. The topological polar surface area (TPSA) is 128 Å². The molecule has 0 aliphatic heterocycles. The van der Waals surface area contributed by atoms with Crippen molar-refractivity contribution in [2.24, 2.45) is 14.1 Å². The van der Waals surface area contributed by atoms with Gasteiger partial charge in [0, 0.05) is 32.1 Å². The van der Waals surface area contributed by atoms with Crippen molar-refractivity contribution in [1.29, 1.82) is 0 Å². The third-order valence-electron chi connectivity index (χ3n) is 3.79. The fourth-order valence-corrected chi connectivity index (χ4v) is 2.26. The Balaban J connectivity index is 1.79. The third-order valence-corrected chi connectivity index (χ3v) is 3.79. The first kappa shape index (κ1) is 22.3. The van der Waals surface area contributed by atoms with Crippen LogP contribution in [0.25, 0.3) is 6.08 Å². The fourth-order valence-electron chi connectivity index (χ4n) is 2.26. The van der Waals surface area contributed by atoms with E-state index in [9.17, 15) is 28.4 Å². The summed E-state index contributed by atoms with van der Waals surface area (Å²) in [5, 5.41) is 4.71. The molecule has 2 aromatic rings. The molecular formula is C19H19FN4O6. The van der Waals surface area contributed by atoms with Crippen molar-refractivity contribution in [1.82, 2.24) is 14.5 Å². The number of carbonyl (C=O) groups is 3. The molecule has 0 atom stereocenters. The molecule has 0 radical (unpaired) electrons. The van der Waals surface area contributed by atoms with Crippen LogP contribution in [0.3, 0.4) is 0 Å². The Kier molecular flexibility index (Phi) is 7.39. The van der Waals surface area contributed by atoms with Crippen molar-refractivity contribution in [2.75, 3.05) is 18.5 Å². The molecule has 1 aromatic carbocycles. The summed E-state index contributed by atoms with van der Waals surface area (Å²) in [7, 11) is 2.75. The van der Waals surface area contributed by atoms with Crippen molar-refractivity contribution in [3.63, 3.8) is 0 Å². The first-order valence-electron chi connectivity index (χ1n) is 8.61. The average molecular weight is 418 g/mol. The Morgan fingerprint density at radius 1 is 1.10 bits per heavy atom. The number of amides is 2. The molecule has 0 unspecified atom stereocenters. The lowest BCUT2D eigenvalue weighted by atomic mass is 10.3. The highest BCUT2D eigenvalue weighted by atomic mass is 19.1. The normalized spacial score (nSPS) is 10.6. The second-order valence-electron chi connectivity index (χ2n) is 6.11. The number of carbonyl (C=O) groups excluding carboxylic acids is 3. The maximum atomic E-state index is 12.8. The van der Waals surface area contributed by atoms with Gasteiger partial charge in [0.15, 0.2) is 6.61 Å². The summed E-state index contributed by atoms with van der Waals surface area (Å²) in [5.41, 5.74) is -0.665. The van der Waals surface area contributed by atoms with Crippen molar-refractivity contribution in [2.45, 2.75) is 0 Å². The van der Waals surface area contributed by atoms with E-state index in [1.807, 2.05) is 0 Å². The molecule has 2 amide bonds. The average Bonchev–Trinajstić information content (AvgIpc) is 2.72. The number of aryl methyl sites for hydroxylation is 1. The van der Waals surface area contributed by atoms with Crippen molar-refractivity contribution < 1.29 is 23.5 Å². The Morgan fingerprint density at radius 2 is 1.77 bits per heavy atom. The molecule has 0 fully saturated rings. The molecular weight excluding hydrogens is 399 g/mol. The minimum absolute atomic E-state index is 0.0819. The number of hydrogen-bond acceptors (Lipinski definition) is 6. The predicted molar refractivity (Wildman–Crippen MR) is 105 cm³/mol. The smallest absolute Gasteiger partial charge is 0.331 e. The monoisotopic (exact) mass is 418 g/mol. The molecule has 11 heteroatoms. The van der Waals surface area contributed by atoms with Crippen molar-refractivity contribution >= 4 is 29.5 Å². The molecule has 0 saturated carbocycles. The first-order valence-corrected chi connectivity index (χ1v) is 8.61. The zero-order chi connectivity index (χ0) is 22.3. The van der Waals surface area contributed by atoms with E-state index < -0.39 is 41.5 Å². The summed E-state index contributed by atoms with van der Waals surface area (Å²) in [6.07, 6.45) is 3.37. The molecule has 0 aliphatic carbocycles. The van der Waals surface area contributed by atoms with Crippen molar-refractivity contribution in [3.8, 4) is 0 Å². The van der Waals surface area contributed by atoms with E-state index in [0.717, 1.165) is 16.7 Å². The summed E-state index contributed by atoms with van der Waals surface area (Å²) in [4.78, 5) is 58.6. The lowest BCUT2D eigenvalue weighted by molar-refractivity contribution is -0.143. The van der Waals surface area contributed by atoms with Crippen LogP contribution in [-0.2, 0) is 33.2 Å². The van der Waals surface area contributed by atoms with Crippen LogP contribution in [-0.4, -0.2) is 40.1 Å². The van der Waals surface area contributed by atoms with Crippen LogP contribution in [0.1, 0.15) is 5.56 Å². The maximum absolute atomic E-state index is 12.8. The quantitative estimate of drug-likeness (QED) is 0.462.